The summed E-state index contributed by atoms with van der Waals surface area (Å²) in [6.07, 6.45) is 2.42. The number of hydrogen-bond acceptors (Lipinski definition) is 4. The minimum Gasteiger partial charge on any atom is -0.497 e. The zero-order valence-electron chi connectivity index (χ0n) is 16.4. The van der Waals surface area contributed by atoms with E-state index in [4.69, 9.17) is 9.15 Å². The van der Waals surface area contributed by atoms with Gasteiger partial charge in [0.25, 0.3) is 5.91 Å². The third-order valence-electron chi connectivity index (χ3n) is 5.57. The standard InChI is InChI=1S/C23H26N2O3/c1-16-19-14-18(27-2)10-11-21(19)28-22(16)23(26)24-15-20(25-12-6-7-13-25)17-8-4-3-5-9-17/h3-5,8-11,14,20H,6-7,12-13,15H2,1-2H3,(H,24,26)/t20-/m1/s1. The lowest BCUT2D eigenvalue weighted by molar-refractivity contribution is 0.0911. The molecule has 0 spiro atoms. The van der Waals surface area contributed by atoms with E-state index in [1.165, 1.54) is 18.4 Å². The molecule has 3 aromatic rings. The first kappa shape index (κ1) is 18.6. The van der Waals surface area contributed by atoms with Gasteiger partial charge < -0.3 is 14.5 Å². The lowest BCUT2D eigenvalue weighted by atomic mass is 10.1. The van der Waals surface area contributed by atoms with E-state index in [2.05, 4.69) is 34.5 Å². The van der Waals surface area contributed by atoms with Crippen LogP contribution in [0.15, 0.2) is 52.9 Å². The van der Waals surface area contributed by atoms with Gasteiger partial charge in [0.2, 0.25) is 0 Å². The summed E-state index contributed by atoms with van der Waals surface area (Å²) in [5, 5.41) is 4.01. The van der Waals surface area contributed by atoms with Crippen molar-refractivity contribution < 1.29 is 13.9 Å². The third-order valence-corrected chi connectivity index (χ3v) is 5.57. The maximum atomic E-state index is 12.9. The average molecular weight is 378 g/mol. The normalized spacial score (nSPS) is 15.6. The number of likely N-dealkylation sites (tertiary alicyclic amines) is 1. The summed E-state index contributed by atoms with van der Waals surface area (Å²) in [7, 11) is 1.63. The van der Waals surface area contributed by atoms with Gasteiger partial charge in [-0.05, 0) is 56.6 Å². The van der Waals surface area contributed by atoms with Crippen LogP contribution in [-0.2, 0) is 0 Å². The van der Waals surface area contributed by atoms with E-state index in [-0.39, 0.29) is 11.9 Å². The Kier molecular flexibility index (Phi) is 5.35. The summed E-state index contributed by atoms with van der Waals surface area (Å²) in [6.45, 7) is 4.61. The molecule has 0 bridgehead atoms. The second kappa shape index (κ2) is 8.07. The van der Waals surface area contributed by atoms with E-state index in [1.807, 2.05) is 31.2 Å². The molecule has 28 heavy (non-hydrogen) atoms. The Bertz CT molecular complexity index is 959. The number of ether oxygens (including phenoxy) is 1. The van der Waals surface area contributed by atoms with Crippen molar-refractivity contribution in [2.24, 2.45) is 0 Å². The van der Waals surface area contributed by atoms with Gasteiger partial charge in [0.15, 0.2) is 5.76 Å². The molecule has 5 nitrogen and oxygen atoms in total. The third kappa shape index (κ3) is 3.62. The Hall–Kier alpha value is -2.79. The molecule has 1 N–H and O–H groups in total. The molecule has 0 unspecified atom stereocenters. The zero-order chi connectivity index (χ0) is 19.5. The van der Waals surface area contributed by atoms with Gasteiger partial charge in [-0.15, -0.1) is 0 Å². The molecule has 2 aromatic carbocycles. The molecule has 4 rings (SSSR count). The molecule has 1 saturated heterocycles. The van der Waals surface area contributed by atoms with Crippen LogP contribution in [0.4, 0.5) is 0 Å². The summed E-state index contributed by atoms with van der Waals surface area (Å²) < 4.78 is 11.1. The number of rotatable bonds is 6. The fourth-order valence-electron chi connectivity index (χ4n) is 4.00. The van der Waals surface area contributed by atoms with Crippen LogP contribution < -0.4 is 10.1 Å². The van der Waals surface area contributed by atoms with Crippen molar-refractivity contribution in [3.8, 4) is 5.75 Å². The molecule has 1 amide bonds. The van der Waals surface area contributed by atoms with E-state index < -0.39 is 0 Å². The highest BCUT2D eigenvalue weighted by molar-refractivity contribution is 5.99. The molecular formula is C23H26N2O3. The zero-order valence-corrected chi connectivity index (χ0v) is 16.4. The van der Waals surface area contributed by atoms with Gasteiger partial charge in [-0.2, -0.15) is 0 Å². The van der Waals surface area contributed by atoms with Gasteiger partial charge in [0, 0.05) is 17.5 Å². The summed E-state index contributed by atoms with van der Waals surface area (Å²) in [4.78, 5) is 15.3. The SMILES string of the molecule is COc1ccc2oc(C(=O)NC[C@H](c3ccccc3)N3CCCC3)c(C)c2c1. The molecule has 1 fully saturated rings. The maximum Gasteiger partial charge on any atom is 0.287 e. The predicted molar refractivity (Wildman–Crippen MR) is 110 cm³/mol. The largest absolute Gasteiger partial charge is 0.497 e. The fraction of sp³-hybridized carbons (Fsp3) is 0.348. The number of nitrogens with zero attached hydrogens (tertiary/aromatic N) is 1. The van der Waals surface area contributed by atoms with Crippen LogP contribution in [0.1, 0.15) is 40.6 Å². The first-order chi connectivity index (χ1) is 13.7. The van der Waals surface area contributed by atoms with E-state index in [1.54, 1.807) is 7.11 Å². The number of hydrogen-bond donors (Lipinski definition) is 1. The minimum atomic E-state index is -0.173. The molecule has 1 aliphatic rings. The number of carbonyl (C=O) groups excluding carboxylic acids is 1. The molecule has 5 heteroatoms. The highest BCUT2D eigenvalue weighted by Gasteiger charge is 2.25. The molecule has 2 heterocycles. The van der Waals surface area contributed by atoms with Crippen LogP contribution in [-0.4, -0.2) is 37.6 Å². The van der Waals surface area contributed by atoms with Crippen molar-refractivity contribution in [2.75, 3.05) is 26.7 Å². The van der Waals surface area contributed by atoms with Gasteiger partial charge in [0.1, 0.15) is 11.3 Å². The smallest absolute Gasteiger partial charge is 0.287 e. The topological polar surface area (TPSA) is 54.7 Å². The highest BCUT2D eigenvalue weighted by Crippen LogP contribution is 2.29. The monoisotopic (exact) mass is 378 g/mol. The van der Waals surface area contributed by atoms with Gasteiger partial charge >= 0.3 is 0 Å². The Morgan fingerprint density at radius 2 is 1.93 bits per heavy atom. The van der Waals surface area contributed by atoms with E-state index in [0.717, 1.165) is 29.8 Å². The van der Waals surface area contributed by atoms with Gasteiger partial charge in [-0.25, -0.2) is 0 Å². The number of fused-ring (bicyclic) bond motifs is 1. The number of furan rings is 1. The lowest BCUT2D eigenvalue weighted by Gasteiger charge is -2.28. The Labute approximate surface area is 165 Å². The van der Waals surface area contributed by atoms with Crippen LogP contribution in [0.25, 0.3) is 11.0 Å². The predicted octanol–water partition coefficient (Wildman–Crippen LogP) is 4.32. The van der Waals surface area contributed by atoms with Gasteiger partial charge in [0.05, 0.1) is 13.2 Å². The first-order valence-electron chi connectivity index (χ1n) is 9.81. The average Bonchev–Trinajstić information content (AvgIpc) is 3.37. The van der Waals surface area contributed by atoms with E-state index in [0.29, 0.717) is 17.9 Å². The quantitative estimate of drug-likeness (QED) is 0.694. The van der Waals surface area contributed by atoms with E-state index >= 15 is 0 Å². The van der Waals surface area contributed by atoms with Gasteiger partial charge in [-0.3, -0.25) is 9.69 Å². The van der Waals surface area contributed by atoms with Crippen molar-refractivity contribution in [3.05, 3.63) is 65.4 Å². The van der Waals surface area contributed by atoms with Crippen LogP contribution >= 0.6 is 0 Å². The number of benzene rings is 2. The Morgan fingerprint density at radius 3 is 2.64 bits per heavy atom. The summed E-state index contributed by atoms with van der Waals surface area (Å²) >= 11 is 0. The van der Waals surface area contributed by atoms with Crippen LogP contribution in [0.3, 0.4) is 0 Å². The number of nitrogens with one attached hydrogen (secondary N) is 1. The summed E-state index contributed by atoms with van der Waals surface area (Å²) in [5.74, 6) is 0.950. The molecule has 0 radical (unpaired) electrons. The Balaban J connectivity index is 1.54. The molecule has 1 aliphatic heterocycles. The number of methoxy groups -OCH3 is 1. The lowest BCUT2D eigenvalue weighted by Crippen LogP contribution is -2.36. The number of carbonyl (C=O) groups is 1. The van der Waals surface area contributed by atoms with Gasteiger partial charge in [-0.1, -0.05) is 30.3 Å². The molecular weight excluding hydrogens is 352 g/mol. The fourth-order valence-corrected chi connectivity index (χ4v) is 4.00. The van der Waals surface area contributed by atoms with Crippen LogP contribution in [0, 0.1) is 6.92 Å². The first-order valence-corrected chi connectivity index (χ1v) is 9.81. The van der Waals surface area contributed by atoms with Crippen molar-refractivity contribution in [2.45, 2.75) is 25.8 Å². The molecule has 1 atom stereocenters. The van der Waals surface area contributed by atoms with Crippen molar-refractivity contribution in [1.82, 2.24) is 10.2 Å². The Morgan fingerprint density at radius 1 is 1.18 bits per heavy atom. The molecule has 0 aliphatic carbocycles. The second-order valence-electron chi connectivity index (χ2n) is 7.30. The number of aryl methyl sites for hydroxylation is 1. The molecule has 1 aromatic heterocycles. The number of amides is 1. The maximum absolute atomic E-state index is 12.9. The summed E-state index contributed by atoms with van der Waals surface area (Å²) in [5.41, 5.74) is 2.77. The van der Waals surface area contributed by atoms with Crippen LogP contribution in [0.2, 0.25) is 0 Å². The highest BCUT2D eigenvalue weighted by atomic mass is 16.5. The van der Waals surface area contributed by atoms with E-state index in [9.17, 15) is 4.79 Å². The summed E-state index contributed by atoms with van der Waals surface area (Å²) in [6, 6.07) is 16.2. The minimum absolute atomic E-state index is 0.173. The van der Waals surface area contributed by atoms with Crippen molar-refractivity contribution >= 4 is 16.9 Å². The molecule has 146 valence electrons. The van der Waals surface area contributed by atoms with Crippen molar-refractivity contribution in [3.63, 3.8) is 0 Å². The van der Waals surface area contributed by atoms with Crippen LogP contribution in [0.5, 0.6) is 5.75 Å². The second-order valence-corrected chi connectivity index (χ2v) is 7.30. The van der Waals surface area contributed by atoms with Crippen molar-refractivity contribution in [1.29, 1.82) is 0 Å². The molecule has 0 saturated carbocycles.